The number of amides is 1. The SMILES string of the molecule is CN(C)c1cccc(NC(=O)CCNc2ncnc3ccccc23)c1. The van der Waals surface area contributed by atoms with Gasteiger partial charge in [-0.3, -0.25) is 4.79 Å². The maximum absolute atomic E-state index is 12.1. The molecule has 2 N–H and O–H groups in total. The van der Waals surface area contributed by atoms with Gasteiger partial charge < -0.3 is 15.5 Å². The van der Waals surface area contributed by atoms with Gasteiger partial charge in [0.05, 0.1) is 5.52 Å². The van der Waals surface area contributed by atoms with Gasteiger partial charge in [-0.25, -0.2) is 9.97 Å². The van der Waals surface area contributed by atoms with Gasteiger partial charge in [-0.15, -0.1) is 0 Å². The standard InChI is InChI=1S/C19H21N5O/c1-24(2)15-7-5-6-14(12-15)23-18(25)10-11-20-19-16-8-3-4-9-17(16)21-13-22-19/h3-9,12-13H,10-11H2,1-2H3,(H,23,25)(H,20,21,22). The minimum atomic E-state index is -0.0400. The highest BCUT2D eigenvalue weighted by atomic mass is 16.1. The van der Waals surface area contributed by atoms with Gasteiger partial charge in [0, 0.05) is 43.8 Å². The summed E-state index contributed by atoms with van der Waals surface area (Å²) in [5.74, 6) is 0.703. The number of nitrogens with one attached hydrogen (secondary N) is 2. The number of fused-ring (bicyclic) bond motifs is 1. The van der Waals surface area contributed by atoms with E-state index >= 15 is 0 Å². The first kappa shape index (κ1) is 16.7. The van der Waals surface area contributed by atoms with Crippen molar-refractivity contribution in [3.63, 3.8) is 0 Å². The van der Waals surface area contributed by atoms with Crippen LogP contribution in [0.25, 0.3) is 10.9 Å². The van der Waals surface area contributed by atoms with E-state index in [1.54, 1.807) is 0 Å². The van der Waals surface area contributed by atoms with Crippen LogP contribution in [-0.4, -0.2) is 36.5 Å². The third-order valence-corrected chi connectivity index (χ3v) is 3.83. The van der Waals surface area contributed by atoms with Crippen LogP contribution in [-0.2, 0) is 4.79 Å². The number of benzene rings is 2. The summed E-state index contributed by atoms with van der Waals surface area (Å²) in [6.45, 7) is 0.500. The molecule has 2 aromatic carbocycles. The third-order valence-electron chi connectivity index (χ3n) is 3.83. The number of para-hydroxylation sites is 1. The van der Waals surface area contributed by atoms with E-state index in [2.05, 4.69) is 20.6 Å². The van der Waals surface area contributed by atoms with Gasteiger partial charge in [-0.1, -0.05) is 18.2 Å². The Morgan fingerprint density at radius 2 is 1.92 bits per heavy atom. The van der Waals surface area contributed by atoms with Crippen LogP contribution in [0.1, 0.15) is 6.42 Å². The van der Waals surface area contributed by atoms with Crippen LogP contribution in [0.2, 0.25) is 0 Å². The van der Waals surface area contributed by atoms with E-state index in [1.165, 1.54) is 6.33 Å². The Bertz CT molecular complexity index is 873. The molecule has 6 heteroatoms. The first-order valence-electron chi connectivity index (χ1n) is 8.14. The highest BCUT2D eigenvalue weighted by Gasteiger charge is 2.06. The summed E-state index contributed by atoms with van der Waals surface area (Å²) in [7, 11) is 3.94. The molecule has 128 valence electrons. The van der Waals surface area contributed by atoms with E-state index in [1.807, 2.05) is 67.5 Å². The molecule has 6 nitrogen and oxygen atoms in total. The van der Waals surface area contributed by atoms with Gasteiger partial charge in [-0.05, 0) is 30.3 Å². The van der Waals surface area contributed by atoms with Crippen molar-refractivity contribution in [2.24, 2.45) is 0 Å². The Balaban J connectivity index is 1.57. The van der Waals surface area contributed by atoms with E-state index in [9.17, 15) is 4.79 Å². The summed E-state index contributed by atoms with van der Waals surface area (Å²) in [6.07, 6.45) is 1.88. The Hall–Kier alpha value is -3.15. The van der Waals surface area contributed by atoms with Crippen molar-refractivity contribution in [1.29, 1.82) is 0 Å². The van der Waals surface area contributed by atoms with Crippen molar-refractivity contribution < 1.29 is 4.79 Å². The fourth-order valence-corrected chi connectivity index (χ4v) is 2.53. The number of anilines is 3. The molecule has 0 aliphatic rings. The predicted octanol–water partition coefficient (Wildman–Crippen LogP) is 3.14. The highest BCUT2D eigenvalue weighted by molar-refractivity contribution is 5.92. The van der Waals surface area contributed by atoms with Gasteiger partial charge in [0.2, 0.25) is 5.91 Å². The number of hydrogen-bond acceptors (Lipinski definition) is 5. The van der Waals surface area contributed by atoms with Crippen molar-refractivity contribution in [1.82, 2.24) is 9.97 Å². The number of carbonyl (C=O) groups is 1. The smallest absolute Gasteiger partial charge is 0.226 e. The van der Waals surface area contributed by atoms with Crippen LogP contribution in [0.3, 0.4) is 0 Å². The monoisotopic (exact) mass is 335 g/mol. The summed E-state index contributed by atoms with van der Waals surface area (Å²) in [6, 6.07) is 15.5. The van der Waals surface area contributed by atoms with Crippen molar-refractivity contribution in [2.75, 3.05) is 36.2 Å². The van der Waals surface area contributed by atoms with Crippen LogP contribution < -0.4 is 15.5 Å². The zero-order valence-corrected chi connectivity index (χ0v) is 14.4. The van der Waals surface area contributed by atoms with Gasteiger partial charge in [0.15, 0.2) is 0 Å². The topological polar surface area (TPSA) is 70.2 Å². The largest absolute Gasteiger partial charge is 0.378 e. The van der Waals surface area contributed by atoms with Gasteiger partial charge >= 0.3 is 0 Å². The van der Waals surface area contributed by atoms with E-state index in [4.69, 9.17) is 0 Å². The molecule has 3 aromatic rings. The van der Waals surface area contributed by atoms with Crippen molar-refractivity contribution in [3.8, 4) is 0 Å². The molecule has 0 bridgehead atoms. The lowest BCUT2D eigenvalue weighted by Gasteiger charge is -2.14. The van der Waals surface area contributed by atoms with Crippen molar-refractivity contribution >= 4 is 34.0 Å². The quantitative estimate of drug-likeness (QED) is 0.724. The van der Waals surface area contributed by atoms with E-state index < -0.39 is 0 Å². The molecule has 0 aliphatic carbocycles. The summed E-state index contributed by atoms with van der Waals surface area (Å²) in [5.41, 5.74) is 2.72. The molecule has 0 aliphatic heterocycles. The molecule has 0 spiro atoms. The Kier molecular flexibility index (Phi) is 5.09. The normalized spacial score (nSPS) is 10.5. The van der Waals surface area contributed by atoms with E-state index in [0.29, 0.717) is 13.0 Å². The Labute approximate surface area is 146 Å². The molecular formula is C19H21N5O. The molecule has 0 atom stereocenters. The first-order chi connectivity index (χ1) is 12.1. The number of carbonyl (C=O) groups excluding carboxylic acids is 1. The van der Waals surface area contributed by atoms with Crippen LogP contribution >= 0.6 is 0 Å². The fraction of sp³-hybridized carbons (Fsp3) is 0.211. The first-order valence-corrected chi connectivity index (χ1v) is 8.14. The third kappa shape index (κ3) is 4.23. The van der Waals surface area contributed by atoms with Crippen LogP contribution in [0.15, 0.2) is 54.9 Å². The van der Waals surface area contributed by atoms with Gasteiger partial charge in [0.1, 0.15) is 12.1 Å². The van der Waals surface area contributed by atoms with Crippen LogP contribution in [0, 0.1) is 0 Å². The number of aromatic nitrogens is 2. The number of rotatable bonds is 6. The van der Waals surface area contributed by atoms with E-state index in [0.717, 1.165) is 28.1 Å². The maximum Gasteiger partial charge on any atom is 0.226 e. The average Bonchev–Trinajstić information content (AvgIpc) is 2.62. The lowest BCUT2D eigenvalue weighted by molar-refractivity contribution is -0.115. The predicted molar refractivity (Wildman–Crippen MR) is 102 cm³/mol. The molecule has 25 heavy (non-hydrogen) atoms. The fourth-order valence-electron chi connectivity index (χ4n) is 2.53. The second kappa shape index (κ2) is 7.61. The molecule has 0 saturated carbocycles. The van der Waals surface area contributed by atoms with Gasteiger partial charge in [0.25, 0.3) is 0 Å². The zero-order valence-electron chi connectivity index (χ0n) is 14.4. The molecule has 0 unspecified atom stereocenters. The Morgan fingerprint density at radius 1 is 1.08 bits per heavy atom. The zero-order chi connectivity index (χ0) is 17.6. The van der Waals surface area contributed by atoms with Crippen LogP contribution in [0.5, 0.6) is 0 Å². The van der Waals surface area contributed by atoms with E-state index in [-0.39, 0.29) is 5.91 Å². The minimum absolute atomic E-state index is 0.0400. The number of nitrogens with zero attached hydrogens (tertiary/aromatic N) is 3. The molecule has 0 saturated heterocycles. The highest BCUT2D eigenvalue weighted by Crippen LogP contribution is 2.19. The summed E-state index contributed by atoms with van der Waals surface area (Å²) in [5, 5.41) is 7.08. The van der Waals surface area contributed by atoms with Crippen molar-refractivity contribution in [2.45, 2.75) is 6.42 Å². The molecule has 0 radical (unpaired) electrons. The molecule has 1 heterocycles. The second-order valence-corrected chi connectivity index (χ2v) is 5.91. The van der Waals surface area contributed by atoms with Gasteiger partial charge in [-0.2, -0.15) is 0 Å². The van der Waals surface area contributed by atoms with Crippen molar-refractivity contribution in [3.05, 3.63) is 54.9 Å². The molecule has 1 aromatic heterocycles. The minimum Gasteiger partial charge on any atom is -0.378 e. The molecular weight excluding hydrogens is 314 g/mol. The molecule has 3 rings (SSSR count). The second-order valence-electron chi connectivity index (χ2n) is 5.91. The van der Waals surface area contributed by atoms with Crippen LogP contribution in [0.4, 0.5) is 17.2 Å². The maximum atomic E-state index is 12.1. The molecule has 1 amide bonds. The summed E-state index contributed by atoms with van der Waals surface area (Å²) >= 11 is 0. The number of hydrogen-bond donors (Lipinski definition) is 2. The summed E-state index contributed by atoms with van der Waals surface area (Å²) < 4.78 is 0. The summed E-state index contributed by atoms with van der Waals surface area (Å²) in [4.78, 5) is 22.6. The Morgan fingerprint density at radius 3 is 2.76 bits per heavy atom. The average molecular weight is 335 g/mol. The molecule has 0 fully saturated rings. The lowest BCUT2D eigenvalue weighted by atomic mass is 10.2. The lowest BCUT2D eigenvalue weighted by Crippen LogP contribution is -2.17.